The van der Waals surface area contributed by atoms with Gasteiger partial charge in [-0.25, -0.2) is 0 Å². The molecule has 0 aliphatic heterocycles. The molecule has 100 valence electrons. The Balaban J connectivity index is 2.66. The van der Waals surface area contributed by atoms with Gasteiger partial charge in [0.05, 0.1) is 5.56 Å². The van der Waals surface area contributed by atoms with Gasteiger partial charge in [-0.1, -0.05) is 0 Å². The van der Waals surface area contributed by atoms with Gasteiger partial charge in [0.15, 0.2) is 0 Å². The van der Waals surface area contributed by atoms with E-state index in [0.717, 1.165) is 13.1 Å². The lowest BCUT2D eigenvalue weighted by Gasteiger charge is -2.21. The second kappa shape index (κ2) is 6.26. The summed E-state index contributed by atoms with van der Waals surface area (Å²) < 4.78 is 0. The highest BCUT2D eigenvalue weighted by Gasteiger charge is 2.08. The highest BCUT2D eigenvalue weighted by atomic mass is 16.1. The number of nitrogens with two attached hydrogens (primary N) is 2. The van der Waals surface area contributed by atoms with E-state index < -0.39 is 5.91 Å². The number of carbonyl (C=O) groups is 1. The first-order chi connectivity index (χ1) is 8.41. The van der Waals surface area contributed by atoms with E-state index in [0.29, 0.717) is 23.0 Å². The summed E-state index contributed by atoms with van der Waals surface area (Å²) in [5, 5.41) is 3.20. The van der Waals surface area contributed by atoms with E-state index >= 15 is 0 Å². The Hall–Kier alpha value is -1.75. The largest absolute Gasteiger partial charge is 0.399 e. The first-order valence-electron chi connectivity index (χ1n) is 6.05. The summed E-state index contributed by atoms with van der Waals surface area (Å²) in [6, 6.07) is 5.54. The lowest BCUT2D eigenvalue weighted by Crippen LogP contribution is -2.31. The zero-order chi connectivity index (χ0) is 13.7. The zero-order valence-electron chi connectivity index (χ0n) is 11.2. The molecule has 0 saturated heterocycles. The summed E-state index contributed by atoms with van der Waals surface area (Å²) in [4.78, 5) is 13.5. The quantitative estimate of drug-likeness (QED) is 0.661. The van der Waals surface area contributed by atoms with Gasteiger partial charge in [-0.05, 0) is 39.1 Å². The van der Waals surface area contributed by atoms with Crippen LogP contribution in [0.15, 0.2) is 18.2 Å². The van der Waals surface area contributed by atoms with Crippen LogP contribution in [0.5, 0.6) is 0 Å². The van der Waals surface area contributed by atoms with Crippen molar-refractivity contribution in [3.8, 4) is 0 Å². The van der Waals surface area contributed by atoms with Crippen LogP contribution < -0.4 is 16.8 Å². The SMILES string of the molecule is CC(C)N(C)CCNc1cc(N)ccc1C(N)=O. The summed E-state index contributed by atoms with van der Waals surface area (Å²) in [5.41, 5.74) is 12.8. The monoisotopic (exact) mass is 250 g/mol. The van der Waals surface area contributed by atoms with Crippen LogP contribution in [-0.2, 0) is 0 Å². The minimum absolute atomic E-state index is 0.449. The van der Waals surface area contributed by atoms with Crippen molar-refractivity contribution >= 4 is 17.3 Å². The van der Waals surface area contributed by atoms with Crippen molar-refractivity contribution in [3.63, 3.8) is 0 Å². The molecule has 0 saturated carbocycles. The normalized spacial score (nSPS) is 10.9. The molecule has 1 aromatic rings. The molecule has 0 aromatic heterocycles. The van der Waals surface area contributed by atoms with Gasteiger partial charge in [0, 0.05) is 30.5 Å². The molecule has 1 aromatic carbocycles. The van der Waals surface area contributed by atoms with Crippen molar-refractivity contribution in [2.24, 2.45) is 5.73 Å². The van der Waals surface area contributed by atoms with Crippen LogP contribution in [-0.4, -0.2) is 37.0 Å². The van der Waals surface area contributed by atoms with Gasteiger partial charge in [0.1, 0.15) is 0 Å². The van der Waals surface area contributed by atoms with Crippen molar-refractivity contribution in [2.45, 2.75) is 19.9 Å². The Kier molecular flexibility index (Phi) is 4.97. The lowest BCUT2D eigenvalue weighted by molar-refractivity contribution is 0.100. The third-order valence-electron chi connectivity index (χ3n) is 2.97. The third kappa shape index (κ3) is 3.92. The summed E-state index contributed by atoms with van der Waals surface area (Å²) in [6.45, 7) is 5.88. The molecule has 0 aliphatic rings. The van der Waals surface area contributed by atoms with Gasteiger partial charge < -0.3 is 21.7 Å². The fourth-order valence-corrected chi connectivity index (χ4v) is 1.55. The van der Waals surface area contributed by atoms with Crippen LogP contribution in [0.2, 0.25) is 0 Å². The summed E-state index contributed by atoms with van der Waals surface area (Å²) >= 11 is 0. The number of primary amides is 1. The van der Waals surface area contributed by atoms with Gasteiger partial charge in [0.25, 0.3) is 5.91 Å². The molecule has 5 N–H and O–H groups in total. The molecule has 0 unspecified atom stereocenters. The lowest BCUT2D eigenvalue weighted by atomic mass is 10.1. The molecule has 0 radical (unpaired) electrons. The molecule has 0 fully saturated rings. The van der Waals surface area contributed by atoms with Crippen molar-refractivity contribution in [2.75, 3.05) is 31.2 Å². The van der Waals surface area contributed by atoms with Crippen molar-refractivity contribution < 1.29 is 4.79 Å². The summed E-state index contributed by atoms with van der Waals surface area (Å²) in [7, 11) is 2.06. The first-order valence-corrected chi connectivity index (χ1v) is 6.05. The predicted molar refractivity (Wildman–Crippen MR) is 75.6 cm³/mol. The van der Waals surface area contributed by atoms with Gasteiger partial charge in [-0.2, -0.15) is 0 Å². The van der Waals surface area contributed by atoms with E-state index in [2.05, 4.69) is 31.1 Å². The number of nitrogens with zero attached hydrogens (tertiary/aromatic N) is 1. The Labute approximate surface area is 108 Å². The maximum atomic E-state index is 11.3. The molecular weight excluding hydrogens is 228 g/mol. The van der Waals surface area contributed by atoms with Crippen molar-refractivity contribution in [3.05, 3.63) is 23.8 Å². The Bertz CT molecular complexity index is 417. The molecule has 1 amide bonds. The maximum Gasteiger partial charge on any atom is 0.250 e. The van der Waals surface area contributed by atoms with E-state index in [1.54, 1.807) is 18.2 Å². The number of amides is 1. The average molecular weight is 250 g/mol. The van der Waals surface area contributed by atoms with Crippen LogP contribution >= 0.6 is 0 Å². The molecule has 5 heteroatoms. The molecular formula is C13H22N4O. The number of carbonyl (C=O) groups excluding carboxylic acids is 1. The Morgan fingerprint density at radius 2 is 2.11 bits per heavy atom. The van der Waals surface area contributed by atoms with E-state index in [1.165, 1.54) is 0 Å². The number of anilines is 2. The van der Waals surface area contributed by atoms with Gasteiger partial charge in [-0.15, -0.1) is 0 Å². The van der Waals surface area contributed by atoms with Gasteiger partial charge >= 0.3 is 0 Å². The first kappa shape index (κ1) is 14.3. The molecule has 0 heterocycles. The van der Waals surface area contributed by atoms with E-state index in [-0.39, 0.29) is 0 Å². The number of rotatable bonds is 6. The van der Waals surface area contributed by atoms with E-state index in [1.807, 2.05) is 0 Å². The third-order valence-corrected chi connectivity index (χ3v) is 2.97. The highest BCUT2D eigenvalue weighted by Crippen LogP contribution is 2.18. The number of nitrogens with one attached hydrogen (secondary N) is 1. The van der Waals surface area contributed by atoms with Crippen LogP contribution in [0, 0.1) is 0 Å². The average Bonchev–Trinajstić information content (AvgIpc) is 2.28. The number of benzene rings is 1. The standard InChI is InChI=1S/C13H22N4O/c1-9(2)17(3)7-6-16-12-8-10(14)4-5-11(12)13(15)18/h4-5,8-9,16H,6-7,14H2,1-3H3,(H2,15,18). The topological polar surface area (TPSA) is 84.4 Å². The van der Waals surface area contributed by atoms with Crippen LogP contribution in [0.4, 0.5) is 11.4 Å². The number of likely N-dealkylation sites (N-methyl/N-ethyl adjacent to an activating group) is 1. The molecule has 0 atom stereocenters. The molecule has 5 nitrogen and oxygen atoms in total. The number of nitrogen functional groups attached to an aromatic ring is 1. The van der Waals surface area contributed by atoms with Gasteiger partial charge in [0.2, 0.25) is 0 Å². The number of hydrogen-bond acceptors (Lipinski definition) is 4. The number of hydrogen-bond donors (Lipinski definition) is 3. The van der Waals surface area contributed by atoms with E-state index in [4.69, 9.17) is 11.5 Å². The maximum absolute atomic E-state index is 11.3. The zero-order valence-corrected chi connectivity index (χ0v) is 11.2. The predicted octanol–water partition coefficient (Wildman–Crippen LogP) is 1.12. The van der Waals surface area contributed by atoms with Crippen LogP contribution in [0.25, 0.3) is 0 Å². The molecule has 0 aliphatic carbocycles. The minimum atomic E-state index is -0.449. The molecule has 0 bridgehead atoms. The van der Waals surface area contributed by atoms with Gasteiger partial charge in [-0.3, -0.25) is 4.79 Å². The van der Waals surface area contributed by atoms with Crippen LogP contribution in [0.3, 0.4) is 0 Å². The minimum Gasteiger partial charge on any atom is -0.399 e. The van der Waals surface area contributed by atoms with E-state index in [9.17, 15) is 4.79 Å². The molecule has 18 heavy (non-hydrogen) atoms. The fraction of sp³-hybridized carbons (Fsp3) is 0.462. The smallest absolute Gasteiger partial charge is 0.250 e. The summed E-state index contributed by atoms with van der Waals surface area (Å²) in [6.07, 6.45) is 0. The fourth-order valence-electron chi connectivity index (χ4n) is 1.55. The van der Waals surface area contributed by atoms with Crippen molar-refractivity contribution in [1.82, 2.24) is 4.90 Å². The summed E-state index contributed by atoms with van der Waals surface area (Å²) in [5.74, 6) is -0.449. The second-order valence-corrected chi connectivity index (χ2v) is 4.67. The molecule has 0 spiro atoms. The second-order valence-electron chi connectivity index (χ2n) is 4.67. The molecule has 1 rings (SSSR count). The highest BCUT2D eigenvalue weighted by molar-refractivity contribution is 5.99. The Morgan fingerprint density at radius 3 is 2.67 bits per heavy atom. The Morgan fingerprint density at radius 1 is 1.44 bits per heavy atom. The van der Waals surface area contributed by atoms with Crippen LogP contribution in [0.1, 0.15) is 24.2 Å². The van der Waals surface area contributed by atoms with Crippen molar-refractivity contribution in [1.29, 1.82) is 0 Å².